The average Bonchev–Trinajstić information content (AvgIpc) is 3.18. The van der Waals surface area contributed by atoms with Crippen LogP contribution < -0.4 is 15.4 Å². The monoisotopic (exact) mass is 381 g/mol. The van der Waals surface area contributed by atoms with Gasteiger partial charge in [-0.15, -0.1) is 0 Å². The van der Waals surface area contributed by atoms with Crippen molar-refractivity contribution in [3.8, 4) is 5.75 Å². The van der Waals surface area contributed by atoms with Gasteiger partial charge < -0.3 is 15.4 Å². The minimum atomic E-state index is -0.450. The number of benzene rings is 1. The fourth-order valence-corrected chi connectivity index (χ4v) is 4.22. The number of rotatable bonds is 5. The van der Waals surface area contributed by atoms with E-state index in [-0.39, 0.29) is 18.2 Å². The van der Waals surface area contributed by atoms with Gasteiger partial charge in [0.2, 0.25) is 11.8 Å². The maximum atomic E-state index is 12.2. The Morgan fingerprint density at radius 2 is 2.20 bits per heavy atom. The number of amidine groups is 1. The molecule has 1 aromatic carbocycles. The molecule has 8 heteroatoms. The van der Waals surface area contributed by atoms with E-state index in [1.807, 2.05) is 0 Å². The molecule has 6 nitrogen and oxygen atoms in total. The molecule has 2 aliphatic rings. The fourth-order valence-electron chi connectivity index (χ4n) is 2.92. The molecule has 3 rings (SSSR count). The quantitative estimate of drug-likeness (QED) is 0.820. The fraction of sp³-hybridized carbons (Fsp3) is 0.471. The molecule has 1 aromatic rings. The molecule has 1 heterocycles. The summed E-state index contributed by atoms with van der Waals surface area (Å²) in [5.41, 5.74) is 0.569. The number of carbonyl (C=O) groups excluding carboxylic acids is 2. The van der Waals surface area contributed by atoms with Crippen LogP contribution in [0.3, 0.4) is 0 Å². The number of nitrogens with one attached hydrogen (secondary N) is 2. The molecule has 0 spiro atoms. The number of hydrogen-bond acceptors (Lipinski definition) is 5. The van der Waals surface area contributed by atoms with Crippen molar-refractivity contribution in [2.24, 2.45) is 4.99 Å². The Morgan fingerprint density at radius 3 is 2.88 bits per heavy atom. The first kappa shape index (κ1) is 18.1. The van der Waals surface area contributed by atoms with Crippen LogP contribution in [-0.4, -0.2) is 35.4 Å². The lowest BCUT2D eigenvalue weighted by atomic mass is 10.2. The number of ether oxygens (including phenoxy) is 1. The summed E-state index contributed by atoms with van der Waals surface area (Å²) in [6, 6.07) is 5.31. The summed E-state index contributed by atoms with van der Waals surface area (Å²) in [5, 5.41) is 6.14. The Bertz CT molecular complexity index is 704. The minimum Gasteiger partial charge on any atom is -0.495 e. The summed E-state index contributed by atoms with van der Waals surface area (Å²) in [7, 11) is 1.53. The van der Waals surface area contributed by atoms with E-state index in [1.54, 1.807) is 18.2 Å². The number of hydrogen-bond donors (Lipinski definition) is 2. The lowest BCUT2D eigenvalue weighted by Crippen LogP contribution is -2.28. The molecule has 2 N–H and O–H groups in total. The van der Waals surface area contributed by atoms with Crippen LogP contribution in [0.4, 0.5) is 5.69 Å². The van der Waals surface area contributed by atoms with Crippen LogP contribution in [0.15, 0.2) is 23.2 Å². The van der Waals surface area contributed by atoms with Crippen molar-refractivity contribution in [2.75, 3.05) is 12.4 Å². The first-order chi connectivity index (χ1) is 12.0. The van der Waals surface area contributed by atoms with Gasteiger partial charge in [-0.05, 0) is 31.0 Å². The summed E-state index contributed by atoms with van der Waals surface area (Å²) < 4.78 is 5.08. The Hall–Kier alpha value is -1.73. The highest BCUT2D eigenvalue weighted by molar-refractivity contribution is 8.15. The average molecular weight is 382 g/mol. The number of methoxy groups -OCH3 is 1. The molecule has 0 aromatic heterocycles. The lowest BCUT2D eigenvalue weighted by molar-refractivity contribution is -0.122. The van der Waals surface area contributed by atoms with Crippen molar-refractivity contribution in [3.63, 3.8) is 0 Å². The number of anilines is 1. The van der Waals surface area contributed by atoms with Gasteiger partial charge in [-0.3, -0.25) is 14.6 Å². The molecule has 1 saturated carbocycles. The molecule has 1 atom stereocenters. The van der Waals surface area contributed by atoms with Crippen LogP contribution in [0.5, 0.6) is 5.75 Å². The van der Waals surface area contributed by atoms with Crippen molar-refractivity contribution >= 4 is 46.0 Å². The molecule has 134 valence electrons. The Kier molecular flexibility index (Phi) is 5.86. The van der Waals surface area contributed by atoms with Gasteiger partial charge in [-0.25, -0.2) is 0 Å². The molecule has 1 aliphatic carbocycles. The van der Waals surface area contributed by atoms with E-state index in [0.29, 0.717) is 27.7 Å². The normalized spacial score (nSPS) is 22.2. The maximum Gasteiger partial charge on any atom is 0.240 e. The highest BCUT2D eigenvalue weighted by Gasteiger charge is 2.32. The van der Waals surface area contributed by atoms with Crippen molar-refractivity contribution in [1.29, 1.82) is 0 Å². The summed E-state index contributed by atoms with van der Waals surface area (Å²) in [5.74, 6) is 0.138. The third-order valence-electron chi connectivity index (χ3n) is 4.21. The van der Waals surface area contributed by atoms with E-state index < -0.39 is 5.25 Å². The van der Waals surface area contributed by atoms with E-state index in [1.165, 1.54) is 31.7 Å². The van der Waals surface area contributed by atoms with E-state index in [9.17, 15) is 9.59 Å². The second kappa shape index (κ2) is 8.10. The standard InChI is InChI=1S/C17H20ClN3O3S/c1-24-13-7-6-11(8-12(13)18)19-15(22)9-14-16(23)21-17(25-14)20-10-4-2-3-5-10/h6-8,10,14H,2-5,9H2,1H3,(H,19,22)(H,20,21,23)/t14-/m0/s1. The molecule has 2 fully saturated rings. The number of amides is 2. The van der Waals surface area contributed by atoms with Gasteiger partial charge in [0.15, 0.2) is 5.17 Å². The summed E-state index contributed by atoms with van der Waals surface area (Å²) in [6.07, 6.45) is 4.61. The Labute approximate surface area is 155 Å². The second-order valence-electron chi connectivity index (χ2n) is 6.07. The lowest BCUT2D eigenvalue weighted by Gasteiger charge is -2.09. The van der Waals surface area contributed by atoms with Crippen LogP contribution in [0.1, 0.15) is 32.1 Å². The Morgan fingerprint density at radius 1 is 1.44 bits per heavy atom. The maximum absolute atomic E-state index is 12.2. The minimum absolute atomic E-state index is 0.0871. The predicted octanol–water partition coefficient (Wildman–Crippen LogP) is 3.21. The van der Waals surface area contributed by atoms with Gasteiger partial charge in [0.05, 0.1) is 18.2 Å². The van der Waals surface area contributed by atoms with Crippen LogP contribution >= 0.6 is 23.4 Å². The summed E-state index contributed by atoms with van der Waals surface area (Å²) in [4.78, 5) is 28.8. The molecule has 0 unspecified atom stereocenters. The smallest absolute Gasteiger partial charge is 0.240 e. The molecule has 2 amide bonds. The topological polar surface area (TPSA) is 79.8 Å². The number of carbonyl (C=O) groups is 2. The van der Waals surface area contributed by atoms with Crippen molar-refractivity contribution in [2.45, 2.75) is 43.4 Å². The number of halogens is 1. The molecule has 0 radical (unpaired) electrons. The zero-order chi connectivity index (χ0) is 17.8. The van der Waals surface area contributed by atoms with Gasteiger partial charge in [-0.2, -0.15) is 0 Å². The number of nitrogens with zero attached hydrogens (tertiary/aromatic N) is 1. The van der Waals surface area contributed by atoms with Gasteiger partial charge in [0.1, 0.15) is 11.0 Å². The van der Waals surface area contributed by atoms with E-state index in [4.69, 9.17) is 16.3 Å². The Balaban J connectivity index is 1.55. The van der Waals surface area contributed by atoms with Crippen LogP contribution in [0, 0.1) is 0 Å². The van der Waals surface area contributed by atoms with Crippen LogP contribution in [0.2, 0.25) is 5.02 Å². The zero-order valence-corrected chi connectivity index (χ0v) is 15.5. The molecule has 1 saturated heterocycles. The molecular formula is C17H20ClN3O3S. The van der Waals surface area contributed by atoms with Crippen molar-refractivity contribution in [1.82, 2.24) is 5.32 Å². The van der Waals surface area contributed by atoms with Crippen LogP contribution in [0.25, 0.3) is 0 Å². The highest BCUT2D eigenvalue weighted by Crippen LogP contribution is 2.29. The molecule has 1 aliphatic heterocycles. The second-order valence-corrected chi connectivity index (χ2v) is 7.67. The van der Waals surface area contributed by atoms with E-state index in [2.05, 4.69) is 15.6 Å². The SMILES string of the molecule is COc1ccc(NC(=O)C[C@@H]2SC(=NC3CCCC3)NC2=O)cc1Cl. The van der Waals surface area contributed by atoms with Gasteiger partial charge in [0.25, 0.3) is 0 Å². The van der Waals surface area contributed by atoms with E-state index in [0.717, 1.165) is 12.8 Å². The highest BCUT2D eigenvalue weighted by atomic mass is 35.5. The first-order valence-corrected chi connectivity index (χ1v) is 9.49. The van der Waals surface area contributed by atoms with Crippen molar-refractivity contribution < 1.29 is 14.3 Å². The predicted molar refractivity (Wildman–Crippen MR) is 100 cm³/mol. The third kappa shape index (κ3) is 4.67. The molecule has 25 heavy (non-hydrogen) atoms. The largest absolute Gasteiger partial charge is 0.495 e. The van der Waals surface area contributed by atoms with Crippen LogP contribution in [-0.2, 0) is 9.59 Å². The third-order valence-corrected chi connectivity index (χ3v) is 5.60. The zero-order valence-electron chi connectivity index (χ0n) is 13.9. The summed E-state index contributed by atoms with van der Waals surface area (Å²) >= 11 is 7.38. The molecule has 0 bridgehead atoms. The van der Waals surface area contributed by atoms with Gasteiger partial charge in [0, 0.05) is 12.1 Å². The van der Waals surface area contributed by atoms with Gasteiger partial charge >= 0.3 is 0 Å². The van der Waals surface area contributed by atoms with E-state index >= 15 is 0 Å². The van der Waals surface area contributed by atoms with Gasteiger partial charge in [-0.1, -0.05) is 36.2 Å². The number of aliphatic imine (C=N–C) groups is 1. The summed E-state index contributed by atoms with van der Waals surface area (Å²) in [6.45, 7) is 0. The molecular weight excluding hydrogens is 362 g/mol. The first-order valence-electron chi connectivity index (χ1n) is 8.24. The van der Waals surface area contributed by atoms with Crippen molar-refractivity contribution in [3.05, 3.63) is 23.2 Å². The number of thioether (sulfide) groups is 1.